The summed E-state index contributed by atoms with van der Waals surface area (Å²) < 4.78 is 29.5. The van der Waals surface area contributed by atoms with Crippen LogP contribution < -0.4 is 16.7 Å². The summed E-state index contributed by atoms with van der Waals surface area (Å²) in [5.74, 6) is -3.07. The number of aliphatic hydroxyl groups excluding tert-OH is 7. The van der Waals surface area contributed by atoms with Gasteiger partial charge in [0.1, 0.15) is 42.4 Å². The number of amides is 1. The summed E-state index contributed by atoms with van der Waals surface area (Å²) in [6.07, 6.45) is -14.1. The Morgan fingerprint density at radius 2 is 1.95 bits per heavy atom. The first kappa shape index (κ1) is 31.5. The van der Waals surface area contributed by atoms with E-state index in [9.17, 15) is 49.7 Å². The molecule has 0 aromatic carbocycles. The van der Waals surface area contributed by atoms with Gasteiger partial charge in [-0.05, 0) is 6.07 Å². The van der Waals surface area contributed by atoms with Crippen molar-refractivity contribution in [1.82, 2.24) is 14.9 Å². The molecule has 0 spiro atoms. The molecule has 11 N–H and O–H groups in total. The van der Waals surface area contributed by atoms with Crippen molar-refractivity contribution in [3.8, 4) is 0 Å². The Hall–Kier alpha value is -2.06. The molecule has 18 nitrogen and oxygen atoms in total. The number of nitrogens with zero attached hydrogens (tertiary/aromatic N) is 2. The highest BCUT2D eigenvalue weighted by Crippen LogP contribution is 2.50. The first-order valence-electron chi connectivity index (χ1n) is 11.8. The van der Waals surface area contributed by atoms with E-state index in [4.69, 9.17) is 24.8 Å². The third-order valence-corrected chi connectivity index (χ3v) is 7.94. The molecule has 0 bridgehead atoms. The average Bonchev–Trinajstić information content (AvgIpc) is 3.15. The van der Waals surface area contributed by atoms with Gasteiger partial charge in [-0.25, -0.2) is 4.79 Å². The van der Waals surface area contributed by atoms with E-state index in [1.807, 2.05) is 0 Å². The van der Waals surface area contributed by atoms with Crippen molar-refractivity contribution in [3.63, 3.8) is 0 Å². The summed E-state index contributed by atoms with van der Waals surface area (Å²) in [5.41, 5.74) is 4.53. The maximum atomic E-state index is 12.9. The normalized spacial score (nSPS) is 35.1. The Bertz CT molecular complexity index is 1110. The average molecular weight is 584 g/mol. The molecule has 2 saturated heterocycles. The Morgan fingerprint density at radius 3 is 2.54 bits per heavy atom. The lowest BCUT2D eigenvalue weighted by Gasteiger charge is -2.44. The van der Waals surface area contributed by atoms with Gasteiger partial charge in [-0.1, -0.05) is 0 Å². The second-order valence-electron chi connectivity index (χ2n) is 9.27. The van der Waals surface area contributed by atoms with Crippen LogP contribution in [0.4, 0.5) is 5.82 Å². The molecule has 2 aliphatic heterocycles. The van der Waals surface area contributed by atoms with Gasteiger partial charge in [0, 0.05) is 19.5 Å². The molecule has 1 aromatic rings. The zero-order chi connectivity index (χ0) is 29.2. The number of ether oxygens (including phenoxy) is 2. The van der Waals surface area contributed by atoms with Crippen molar-refractivity contribution >= 4 is 19.3 Å². The van der Waals surface area contributed by atoms with E-state index in [1.54, 1.807) is 0 Å². The first-order valence-corrected chi connectivity index (χ1v) is 13.4. The zero-order valence-electron chi connectivity index (χ0n) is 20.6. The van der Waals surface area contributed by atoms with Crippen LogP contribution in [0.3, 0.4) is 0 Å². The predicted octanol–water partition coefficient (Wildman–Crippen LogP) is -5.30. The lowest BCUT2D eigenvalue weighted by molar-refractivity contribution is -0.194. The minimum atomic E-state index is -5.05. The van der Waals surface area contributed by atoms with E-state index < -0.39 is 106 Å². The van der Waals surface area contributed by atoms with Crippen LogP contribution in [-0.2, 0) is 23.4 Å². The number of nitrogens with two attached hydrogens (primary N) is 1. The fraction of sp³-hybridized carbons (Fsp3) is 0.750. The lowest BCUT2D eigenvalue weighted by Crippen LogP contribution is -2.63. The number of anilines is 1. The highest BCUT2D eigenvalue weighted by atomic mass is 31.2. The molecule has 12 atom stereocenters. The second-order valence-corrected chi connectivity index (χ2v) is 11.2. The van der Waals surface area contributed by atoms with Crippen LogP contribution in [-0.4, -0.2) is 130 Å². The predicted molar refractivity (Wildman–Crippen MR) is 127 cm³/mol. The number of hydrogen-bond donors (Lipinski definition) is 10. The van der Waals surface area contributed by atoms with Gasteiger partial charge in [0.05, 0.1) is 31.5 Å². The summed E-state index contributed by atoms with van der Waals surface area (Å²) >= 11 is 0. The summed E-state index contributed by atoms with van der Waals surface area (Å²) in [6, 6.07) is -0.0713. The van der Waals surface area contributed by atoms with E-state index in [0.29, 0.717) is 0 Å². The Balaban J connectivity index is 1.70. The van der Waals surface area contributed by atoms with Gasteiger partial charge in [-0.15, -0.1) is 0 Å². The fourth-order valence-corrected chi connectivity index (χ4v) is 5.48. The fourth-order valence-electron chi connectivity index (χ4n) is 4.35. The van der Waals surface area contributed by atoms with Crippen molar-refractivity contribution in [2.24, 2.45) is 0 Å². The molecular formula is C20H33N4O14P. The number of aromatic nitrogens is 2. The van der Waals surface area contributed by atoms with Crippen LogP contribution >= 0.6 is 7.60 Å². The van der Waals surface area contributed by atoms with Crippen molar-refractivity contribution < 1.29 is 64.0 Å². The molecule has 0 aliphatic carbocycles. The van der Waals surface area contributed by atoms with E-state index >= 15 is 0 Å². The number of aliphatic hydroxyl groups is 7. The molecular weight excluding hydrogens is 551 g/mol. The Labute approximate surface area is 220 Å². The largest absolute Gasteiger partial charge is 0.394 e. The molecule has 3 rings (SSSR count). The quantitative estimate of drug-likeness (QED) is 0.115. The molecule has 1 aromatic heterocycles. The van der Waals surface area contributed by atoms with Gasteiger partial charge in [-0.2, -0.15) is 4.98 Å². The number of nitrogen functional groups attached to an aromatic ring is 1. The summed E-state index contributed by atoms with van der Waals surface area (Å²) in [7, 11) is -5.05. The van der Waals surface area contributed by atoms with Crippen molar-refractivity contribution in [2.45, 2.75) is 80.3 Å². The van der Waals surface area contributed by atoms with E-state index in [1.165, 1.54) is 6.07 Å². The standard InChI is InChI=1S/C20H33N4O14P/c1-7(26)22-13-8(27)4-10(37-17(13)14(29)9(28)5-25)19(32)39(34,35)36-6-11-15(30)16(31)18(38-11)24-3-2-12(21)23-20(24)33/h2-3,8-11,13-19,25,27-32H,4-6H2,1H3,(H,22,26)(H,34,35)(H2,21,23,33)/t8-,9+,10+,11+,13+,14+,15-,16?,17?,18+,19?/m0/s1. The molecule has 0 radical (unpaired) electrons. The van der Waals surface area contributed by atoms with Gasteiger partial charge < -0.3 is 65.7 Å². The monoisotopic (exact) mass is 584 g/mol. The smallest absolute Gasteiger partial charge is 0.359 e. The number of carbonyl (C=O) groups is 1. The molecule has 19 heteroatoms. The van der Waals surface area contributed by atoms with E-state index in [-0.39, 0.29) is 5.82 Å². The summed E-state index contributed by atoms with van der Waals surface area (Å²) in [5, 5.41) is 73.4. The van der Waals surface area contributed by atoms with Crippen LogP contribution in [0.5, 0.6) is 0 Å². The lowest BCUT2D eigenvalue weighted by atomic mass is 9.90. The van der Waals surface area contributed by atoms with Gasteiger partial charge >= 0.3 is 13.3 Å². The molecule has 2 fully saturated rings. The summed E-state index contributed by atoms with van der Waals surface area (Å²) in [6.45, 7) is -0.667. The molecule has 222 valence electrons. The van der Waals surface area contributed by atoms with Crippen molar-refractivity contribution in [1.29, 1.82) is 0 Å². The minimum Gasteiger partial charge on any atom is -0.394 e. The maximum Gasteiger partial charge on any atom is 0.359 e. The molecule has 2 aliphatic rings. The van der Waals surface area contributed by atoms with E-state index in [2.05, 4.69) is 10.3 Å². The zero-order valence-corrected chi connectivity index (χ0v) is 21.5. The molecule has 39 heavy (non-hydrogen) atoms. The van der Waals surface area contributed by atoms with Crippen molar-refractivity contribution in [3.05, 3.63) is 22.7 Å². The second kappa shape index (κ2) is 12.6. The van der Waals surface area contributed by atoms with Crippen LogP contribution in [0.25, 0.3) is 0 Å². The number of rotatable bonds is 10. The molecule has 4 unspecified atom stereocenters. The van der Waals surface area contributed by atoms with Gasteiger partial charge in [0.2, 0.25) is 5.91 Å². The highest BCUT2D eigenvalue weighted by Gasteiger charge is 2.51. The van der Waals surface area contributed by atoms with Crippen LogP contribution in [0, 0.1) is 0 Å². The topological polar surface area (TPSA) is 297 Å². The third-order valence-electron chi connectivity index (χ3n) is 6.42. The van der Waals surface area contributed by atoms with Gasteiger partial charge in [0.15, 0.2) is 12.1 Å². The third kappa shape index (κ3) is 6.99. The number of nitrogens with one attached hydrogen (secondary N) is 1. The Kier molecular flexibility index (Phi) is 10.2. The summed E-state index contributed by atoms with van der Waals surface area (Å²) in [4.78, 5) is 37.5. The van der Waals surface area contributed by atoms with Gasteiger partial charge in [-0.3, -0.25) is 13.9 Å². The van der Waals surface area contributed by atoms with Crippen LogP contribution in [0.1, 0.15) is 19.6 Å². The molecule has 3 heterocycles. The SMILES string of the molecule is CC(=O)N[C@H]1C([C@H](O)[C@H](O)CO)O[C@@H](C(O)P(=O)(O)OC[C@H]2O[C@@H](n3ccc(N)nc3=O)C(O)[C@H]2O)C[C@@H]1O. The van der Waals surface area contributed by atoms with Gasteiger partial charge in [0.25, 0.3) is 0 Å². The maximum absolute atomic E-state index is 12.9. The first-order chi connectivity index (χ1) is 18.2. The Morgan fingerprint density at radius 1 is 1.28 bits per heavy atom. The van der Waals surface area contributed by atoms with E-state index in [0.717, 1.165) is 17.7 Å². The molecule has 1 amide bonds. The van der Waals surface area contributed by atoms with Crippen LogP contribution in [0.2, 0.25) is 0 Å². The minimum absolute atomic E-state index is 0.0987. The highest BCUT2D eigenvalue weighted by molar-refractivity contribution is 7.53. The number of hydrogen-bond acceptors (Lipinski definition) is 15. The molecule has 0 saturated carbocycles. The van der Waals surface area contributed by atoms with Crippen molar-refractivity contribution in [2.75, 3.05) is 18.9 Å². The number of carbonyl (C=O) groups excluding carboxylic acids is 1. The van der Waals surface area contributed by atoms with Crippen LogP contribution in [0.15, 0.2) is 17.1 Å².